The number of amides is 2. The van der Waals surface area contributed by atoms with Gasteiger partial charge >= 0.3 is 0 Å². The number of hydrogen-bond acceptors (Lipinski definition) is 2. The average molecular weight is 324 g/mol. The number of nitrogens with one attached hydrogen (secondary N) is 2. The van der Waals surface area contributed by atoms with Crippen LogP contribution in [0.1, 0.15) is 47.8 Å². The van der Waals surface area contributed by atoms with Crippen molar-refractivity contribution in [3.8, 4) is 0 Å². The van der Waals surface area contributed by atoms with Crippen LogP contribution in [0.4, 0.5) is 0 Å². The van der Waals surface area contributed by atoms with E-state index in [9.17, 15) is 9.59 Å². The molecule has 1 atom stereocenters. The highest BCUT2D eigenvalue weighted by Crippen LogP contribution is 2.13. The van der Waals surface area contributed by atoms with Crippen LogP contribution in [-0.2, 0) is 11.2 Å². The molecule has 0 aliphatic carbocycles. The summed E-state index contributed by atoms with van der Waals surface area (Å²) < 4.78 is 0. The van der Waals surface area contributed by atoms with Crippen LogP contribution >= 0.6 is 0 Å². The van der Waals surface area contributed by atoms with Gasteiger partial charge in [-0.15, -0.1) is 0 Å². The monoisotopic (exact) mass is 324 g/mol. The van der Waals surface area contributed by atoms with Gasteiger partial charge in [0.1, 0.15) is 0 Å². The summed E-state index contributed by atoms with van der Waals surface area (Å²) in [5, 5.41) is 5.72. The van der Waals surface area contributed by atoms with Crippen molar-refractivity contribution in [3.05, 3.63) is 71.3 Å². The molecule has 0 bridgehead atoms. The minimum absolute atomic E-state index is 0.0479. The third-order valence-corrected chi connectivity index (χ3v) is 3.94. The molecule has 2 aromatic rings. The Labute approximate surface area is 143 Å². The van der Waals surface area contributed by atoms with E-state index >= 15 is 0 Å². The smallest absolute Gasteiger partial charge is 0.251 e. The quantitative estimate of drug-likeness (QED) is 0.821. The molecule has 0 spiro atoms. The van der Waals surface area contributed by atoms with Gasteiger partial charge in [0.15, 0.2) is 0 Å². The molecule has 24 heavy (non-hydrogen) atoms. The predicted octanol–water partition coefficient (Wildman–Crippen LogP) is 3.25. The lowest BCUT2D eigenvalue weighted by Gasteiger charge is -2.15. The second-order valence-electron chi connectivity index (χ2n) is 5.76. The maximum absolute atomic E-state index is 12.0. The Morgan fingerprint density at radius 1 is 1.00 bits per heavy atom. The van der Waals surface area contributed by atoms with Crippen LogP contribution < -0.4 is 10.6 Å². The van der Waals surface area contributed by atoms with Crippen LogP contribution in [0, 0.1) is 0 Å². The maximum Gasteiger partial charge on any atom is 0.251 e. The van der Waals surface area contributed by atoms with Crippen molar-refractivity contribution in [1.29, 1.82) is 0 Å². The summed E-state index contributed by atoms with van der Waals surface area (Å²) in [7, 11) is 0. The third kappa shape index (κ3) is 5.23. The first-order valence-electron chi connectivity index (χ1n) is 8.31. The normalized spacial score (nSPS) is 11.6. The lowest BCUT2D eigenvalue weighted by atomic mass is 10.0. The topological polar surface area (TPSA) is 58.2 Å². The van der Waals surface area contributed by atoms with Crippen molar-refractivity contribution in [2.24, 2.45) is 0 Å². The molecule has 0 aromatic heterocycles. The molecule has 0 radical (unpaired) electrons. The first kappa shape index (κ1) is 17.7. The van der Waals surface area contributed by atoms with Crippen LogP contribution in [0.25, 0.3) is 0 Å². The first-order chi connectivity index (χ1) is 11.6. The summed E-state index contributed by atoms with van der Waals surface area (Å²) in [6, 6.07) is 17.2. The van der Waals surface area contributed by atoms with Gasteiger partial charge in [-0.25, -0.2) is 0 Å². The Kier molecular flexibility index (Phi) is 6.55. The molecular weight excluding hydrogens is 300 g/mol. The number of carbonyl (C=O) groups is 2. The molecule has 0 saturated carbocycles. The van der Waals surface area contributed by atoms with Crippen LogP contribution in [0.5, 0.6) is 0 Å². The van der Waals surface area contributed by atoms with Crippen molar-refractivity contribution in [2.75, 3.05) is 6.54 Å². The van der Waals surface area contributed by atoms with E-state index in [1.54, 1.807) is 12.1 Å². The van der Waals surface area contributed by atoms with Gasteiger partial charge in [0.05, 0.1) is 6.04 Å². The van der Waals surface area contributed by atoms with Gasteiger partial charge < -0.3 is 10.6 Å². The van der Waals surface area contributed by atoms with Gasteiger partial charge in [-0.05, 0) is 36.6 Å². The molecule has 0 heterocycles. The van der Waals surface area contributed by atoms with Crippen molar-refractivity contribution < 1.29 is 9.59 Å². The molecule has 2 amide bonds. The zero-order valence-corrected chi connectivity index (χ0v) is 14.2. The molecular formula is C20H24N2O2. The molecule has 2 N–H and O–H groups in total. The lowest BCUT2D eigenvalue weighted by molar-refractivity contribution is -0.121. The van der Waals surface area contributed by atoms with Crippen LogP contribution in [0.15, 0.2) is 54.6 Å². The predicted molar refractivity (Wildman–Crippen MR) is 95.8 cm³/mol. The maximum atomic E-state index is 12.0. The van der Waals surface area contributed by atoms with E-state index in [0.29, 0.717) is 12.1 Å². The van der Waals surface area contributed by atoms with Crippen molar-refractivity contribution in [2.45, 2.75) is 32.7 Å². The van der Waals surface area contributed by atoms with Crippen LogP contribution in [0.2, 0.25) is 0 Å². The Morgan fingerprint density at radius 2 is 1.67 bits per heavy atom. The Balaban J connectivity index is 1.75. The number of hydrogen-bond donors (Lipinski definition) is 2. The summed E-state index contributed by atoms with van der Waals surface area (Å²) in [4.78, 5) is 23.9. The fourth-order valence-corrected chi connectivity index (χ4v) is 2.42. The van der Waals surface area contributed by atoms with E-state index in [-0.39, 0.29) is 24.3 Å². The lowest BCUT2D eigenvalue weighted by Crippen LogP contribution is -2.32. The number of aryl methyl sites for hydroxylation is 1. The number of rotatable bonds is 7. The first-order valence-corrected chi connectivity index (χ1v) is 8.31. The van der Waals surface area contributed by atoms with E-state index < -0.39 is 0 Å². The summed E-state index contributed by atoms with van der Waals surface area (Å²) in [5.41, 5.74) is 2.96. The van der Waals surface area contributed by atoms with Crippen molar-refractivity contribution >= 4 is 11.8 Å². The van der Waals surface area contributed by atoms with Crippen LogP contribution in [-0.4, -0.2) is 18.4 Å². The van der Waals surface area contributed by atoms with E-state index in [1.165, 1.54) is 5.56 Å². The fourth-order valence-electron chi connectivity index (χ4n) is 2.42. The molecule has 4 heteroatoms. The SMILES string of the molecule is CCc1ccc([C@H](C)NC(=O)CCNC(=O)c2ccccc2)cc1. The zero-order valence-electron chi connectivity index (χ0n) is 14.2. The van der Waals surface area contributed by atoms with Gasteiger partial charge in [-0.3, -0.25) is 9.59 Å². The van der Waals surface area contributed by atoms with Crippen LogP contribution in [0.3, 0.4) is 0 Å². The Morgan fingerprint density at radius 3 is 2.29 bits per heavy atom. The minimum Gasteiger partial charge on any atom is -0.352 e. The van der Waals surface area contributed by atoms with Crippen molar-refractivity contribution in [1.82, 2.24) is 10.6 Å². The van der Waals surface area contributed by atoms with E-state index in [0.717, 1.165) is 12.0 Å². The molecule has 0 saturated heterocycles. The summed E-state index contributed by atoms with van der Waals surface area (Å²) in [5.74, 6) is -0.234. The van der Waals surface area contributed by atoms with Gasteiger partial charge in [0, 0.05) is 18.5 Å². The number of benzene rings is 2. The van der Waals surface area contributed by atoms with Gasteiger partial charge in [-0.2, -0.15) is 0 Å². The Hall–Kier alpha value is -2.62. The second kappa shape index (κ2) is 8.87. The molecule has 0 fully saturated rings. The molecule has 2 rings (SSSR count). The second-order valence-corrected chi connectivity index (χ2v) is 5.76. The van der Waals surface area contributed by atoms with Gasteiger partial charge in [0.2, 0.25) is 5.91 Å². The highest BCUT2D eigenvalue weighted by atomic mass is 16.2. The van der Waals surface area contributed by atoms with E-state index in [2.05, 4.69) is 29.7 Å². The van der Waals surface area contributed by atoms with Gasteiger partial charge in [0.25, 0.3) is 5.91 Å². The molecule has 2 aromatic carbocycles. The molecule has 0 aliphatic rings. The average Bonchev–Trinajstić information content (AvgIpc) is 2.62. The zero-order chi connectivity index (χ0) is 17.4. The summed E-state index contributed by atoms with van der Waals surface area (Å²) >= 11 is 0. The third-order valence-electron chi connectivity index (χ3n) is 3.94. The molecule has 0 unspecified atom stereocenters. The van der Waals surface area contributed by atoms with Crippen molar-refractivity contribution in [3.63, 3.8) is 0 Å². The fraction of sp³-hybridized carbons (Fsp3) is 0.300. The highest BCUT2D eigenvalue weighted by molar-refractivity contribution is 5.94. The van der Waals surface area contributed by atoms with E-state index in [1.807, 2.05) is 37.3 Å². The standard InChI is InChI=1S/C20H24N2O2/c1-3-16-9-11-17(12-10-16)15(2)22-19(23)13-14-21-20(24)18-7-5-4-6-8-18/h4-12,15H,3,13-14H2,1-2H3,(H,21,24)(H,22,23)/t15-/m0/s1. The van der Waals surface area contributed by atoms with Gasteiger partial charge in [-0.1, -0.05) is 49.4 Å². The molecule has 126 valence electrons. The molecule has 0 aliphatic heterocycles. The summed E-state index contributed by atoms with van der Waals surface area (Å²) in [6.45, 7) is 4.40. The minimum atomic E-state index is -0.161. The summed E-state index contributed by atoms with van der Waals surface area (Å²) in [6.07, 6.45) is 1.26. The Bertz CT molecular complexity index is 666. The molecule has 4 nitrogen and oxygen atoms in total. The number of carbonyl (C=O) groups excluding carboxylic acids is 2. The highest BCUT2D eigenvalue weighted by Gasteiger charge is 2.10. The van der Waals surface area contributed by atoms with E-state index in [4.69, 9.17) is 0 Å². The largest absolute Gasteiger partial charge is 0.352 e.